The van der Waals surface area contributed by atoms with E-state index in [-0.39, 0.29) is 36.3 Å². The molecule has 2 N–H and O–H groups in total. The Morgan fingerprint density at radius 1 is 1.02 bits per heavy atom. The second-order valence-electron chi connectivity index (χ2n) is 11.6. The highest BCUT2D eigenvalue weighted by atomic mass is 16.5. The molecule has 222 valence electrons. The molecule has 1 saturated carbocycles. The summed E-state index contributed by atoms with van der Waals surface area (Å²) in [5, 5.41) is 7.56. The number of nitrogens with zero attached hydrogens (tertiary/aromatic N) is 2. The molecule has 2 atom stereocenters. The van der Waals surface area contributed by atoms with Gasteiger partial charge >= 0.3 is 0 Å². The quantitative estimate of drug-likeness (QED) is 0.307. The number of hydrogen-bond donors (Lipinski definition) is 2. The van der Waals surface area contributed by atoms with Crippen LogP contribution in [0.2, 0.25) is 0 Å². The summed E-state index contributed by atoms with van der Waals surface area (Å²) < 4.78 is 18.8. The maximum atomic E-state index is 14.4. The van der Waals surface area contributed by atoms with E-state index in [1.807, 2.05) is 41.3 Å². The SMILES string of the molecule is COc1cc(Cn2ccc3c([C@H]4CCNC[C@@H]4C(=O)N(c4ccc5c(c4)NC(=O)CO5)C4CC4)cccc32)cc(OC)c1. The van der Waals surface area contributed by atoms with E-state index in [4.69, 9.17) is 14.2 Å². The van der Waals surface area contributed by atoms with Crippen molar-refractivity contribution in [2.75, 3.05) is 44.1 Å². The molecule has 2 aliphatic heterocycles. The molecule has 9 heteroatoms. The van der Waals surface area contributed by atoms with Gasteiger partial charge in [0.15, 0.2) is 6.61 Å². The predicted molar refractivity (Wildman–Crippen MR) is 165 cm³/mol. The Morgan fingerprint density at radius 2 is 1.84 bits per heavy atom. The summed E-state index contributed by atoms with van der Waals surface area (Å²) in [5.41, 5.74) is 4.85. The van der Waals surface area contributed by atoms with E-state index in [9.17, 15) is 9.59 Å². The van der Waals surface area contributed by atoms with Crippen molar-refractivity contribution in [3.63, 3.8) is 0 Å². The molecular weight excluding hydrogens is 544 g/mol. The fourth-order valence-corrected chi connectivity index (χ4v) is 6.60. The van der Waals surface area contributed by atoms with Crippen molar-refractivity contribution in [2.24, 2.45) is 5.92 Å². The molecule has 3 aliphatic rings. The molecule has 0 spiro atoms. The summed E-state index contributed by atoms with van der Waals surface area (Å²) in [4.78, 5) is 28.4. The van der Waals surface area contributed by atoms with Gasteiger partial charge in [0.1, 0.15) is 17.2 Å². The molecule has 0 unspecified atom stereocenters. The minimum absolute atomic E-state index is 0.00798. The first kappa shape index (κ1) is 27.3. The van der Waals surface area contributed by atoms with Crippen LogP contribution >= 0.6 is 0 Å². The van der Waals surface area contributed by atoms with Gasteiger partial charge in [-0.25, -0.2) is 0 Å². The van der Waals surface area contributed by atoms with Crippen LogP contribution in [0.3, 0.4) is 0 Å². The Balaban J connectivity index is 1.20. The van der Waals surface area contributed by atoms with Gasteiger partial charge in [0, 0.05) is 48.0 Å². The zero-order valence-electron chi connectivity index (χ0n) is 24.5. The molecule has 4 aromatic rings. The van der Waals surface area contributed by atoms with Gasteiger partial charge in [0.2, 0.25) is 5.91 Å². The number of carbonyl (C=O) groups is 2. The molecule has 2 fully saturated rings. The average molecular weight is 581 g/mol. The second kappa shape index (κ2) is 11.3. The van der Waals surface area contributed by atoms with Crippen molar-refractivity contribution < 1.29 is 23.8 Å². The number of fused-ring (bicyclic) bond motifs is 2. The van der Waals surface area contributed by atoms with Gasteiger partial charge < -0.3 is 34.3 Å². The Hall–Kier alpha value is -4.50. The Labute approximate surface area is 250 Å². The molecule has 9 nitrogen and oxygen atoms in total. The van der Waals surface area contributed by atoms with Crippen LogP contribution in [0, 0.1) is 5.92 Å². The van der Waals surface area contributed by atoms with Crippen LogP contribution in [0.25, 0.3) is 10.9 Å². The monoisotopic (exact) mass is 580 g/mol. The summed E-state index contributed by atoms with van der Waals surface area (Å²) in [5.74, 6) is 1.96. The van der Waals surface area contributed by atoms with E-state index in [0.29, 0.717) is 24.5 Å². The zero-order valence-corrected chi connectivity index (χ0v) is 24.5. The van der Waals surface area contributed by atoms with Crippen molar-refractivity contribution >= 4 is 34.1 Å². The van der Waals surface area contributed by atoms with E-state index >= 15 is 0 Å². The number of aromatic nitrogens is 1. The number of rotatable bonds is 8. The molecule has 1 saturated heterocycles. The smallest absolute Gasteiger partial charge is 0.262 e. The third-order valence-electron chi connectivity index (χ3n) is 8.83. The molecule has 3 heterocycles. The first-order valence-electron chi connectivity index (χ1n) is 14.9. The molecule has 7 rings (SSSR count). The number of methoxy groups -OCH3 is 2. The number of ether oxygens (including phenoxy) is 3. The lowest BCUT2D eigenvalue weighted by Crippen LogP contribution is -2.47. The van der Waals surface area contributed by atoms with Gasteiger partial charge in [-0.15, -0.1) is 0 Å². The molecule has 0 radical (unpaired) electrons. The maximum Gasteiger partial charge on any atom is 0.262 e. The number of carbonyl (C=O) groups excluding carboxylic acids is 2. The van der Waals surface area contributed by atoms with E-state index in [0.717, 1.165) is 54.1 Å². The summed E-state index contributed by atoms with van der Waals surface area (Å²) in [6, 6.07) is 20.4. The van der Waals surface area contributed by atoms with Gasteiger partial charge in [-0.1, -0.05) is 12.1 Å². The molecule has 3 aromatic carbocycles. The first-order valence-corrected chi connectivity index (χ1v) is 14.9. The van der Waals surface area contributed by atoms with Crippen molar-refractivity contribution in [3.05, 3.63) is 78.0 Å². The fraction of sp³-hybridized carbons (Fsp3) is 0.353. The molecule has 1 aromatic heterocycles. The van der Waals surface area contributed by atoms with Crippen LogP contribution in [0.1, 0.15) is 36.3 Å². The number of benzene rings is 3. The van der Waals surface area contributed by atoms with Crippen molar-refractivity contribution in [3.8, 4) is 17.2 Å². The van der Waals surface area contributed by atoms with Gasteiger partial charge in [-0.2, -0.15) is 0 Å². The second-order valence-corrected chi connectivity index (χ2v) is 11.6. The van der Waals surface area contributed by atoms with Crippen LogP contribution in [-0.2, 0) is 16.1 Å². The molecule has 2 amide bonds. The van der Waals surface area contributed by atoms with Crippen LogP contribution in [0.15, 0.2) is 66.9 Å². The lowest BCUT2D eigenvalue weighted by Gasteiger charge is -2.36. The van der Waals surface area contributed by atoms with Crippen LogP contribution in [0.4, 0.5) is 11.4 Å². The predicted octanol–water partition coefficient (Wildman–Crippen LogP) is 4.93. The van der Waals surface area contributed by atoms with Crippen LogP contribution in [-0.4, -0.2) is 56.3 Å². The maximum absolute atomic E-state index is 14.4. The topological polar surface area (TPSA) is 94.1 Å². The normalized spacial score (nSPS) is 19.7. The standard InChI is InChI=1S/C34H36N4O5/c1-41-24-14-21(15-25(17-24)42-2)19-37-13-11-28-26(4-3-5-31(28)37)27-10-12-35-18-29(27)34(40)38(22-6-7-22)23-8-9-32-30(16-23)36-33(39)20-43-32/h3-5,8-9,11,13-17,22,27,29,35H,6-7,10,12,18-20H2,1-2H3,(H,36,39)/t27-,29+/m1/s1. The number of amides is 2. The van der Waals surface area contributed by atoms with Crippen LogP contribution < -0.4 is 29.7 Å². The van der Waals surface area contributed by atoms with Gasteiger partial charge in [-0.3, -0.25) is 9.59 Å². The number of piperidine rings is 1. The minimum Gasteiger partial charge on any atom is -0.497 e. The summed E-state index contributed by atoms with van der Waals surface area (Å²) in [6.45, 7) is 2.16. The number of nitrogens with one attached hydrogen (secondary N) is 2. The Morgan fingerprint density at radius 3 is 2.60 bits per heavy atom. The zero-order chi connectivity index (χ0) is 29.5. The van der Waals surface area contributed by atoms with Gasteiger partial charge in [0.25, 0.3) is 5.91 Å². The number of hydrogen-bond acceptors (Lipinski definition) is 6. The third kappa shape index (κ3) is 5.29. The summed E-state index contributed by atoms with van der Waals surface area (Å²) in [6.07, 6.45) is 4.95. The minimum atomic E-state index is -0.215. The lowest BCUT2D eigenvalue weighted by molar-refractivity contribution is -0.123. The molecule has 0 bridgehead atoms. The third-order valence-corrected chi connectivity index (χ3v) is 8.83. The van der Waals surface area contributed by atoms with E-state index < -0.39 is 0 Å². The van der Waals surface area contributed by atoms with Crippen LogP contribution in [0.5, 0.6) is 17.2 Å². The van der Waals surface area contributed by atoms with E-state index in [2.05, 4.69) is 45.7 Å². The lowest BCUT2D eigenvalue weighted by atomic mass is 9.79. The largest absolute Gasteiger partial charge is 0.497 e. The number of anilines is 2. The Bertz CT molecular complexity index is 1670. The van der Waals surface area contributed by atoms with E-state index in [1.165, 1.54) is 10.9 Å². The molecule has 43 heavy (non-hydrogen) atoms. The van der Waals surface area contributed by atoms with E-state index in [1.54, 1.807) is 14.2 Å². The highest BCUT2D eigenvalue weighted by Gasteiger charge is 2.41. The average Bonchev–Trinajstić information content (AvgIpc) is 3.79. The van der Waals surface area contributed by atoms with Gasteiger partial charge in [0.05, 0.1) is 25.8 Å². The summed E-state index contributed by atoms with van der Waals surface area (Å²) in [7, 11) is 3.32. The fourth-order valence-electron chi connectivity index (χ4n) is 6.60. The first-order chi connectivity index (χ1) is 21.0. The Kier molecular flexibility index (Phi) is 7.18. The van der Waals surface area contributed by atoms with Crippen molar-refractivity contribution in [1.82, 2.24) is 9.88 Å². The van der Waals surface area contributed by atoms with Crippen molar-refractivity contribution in [2.45, 2.75) is 37.8 Å². The van der Waals surface area contributed by atoms with Crippen molar-refractivity contribution in [1.29, 1.82) is 0 Å². The summed E-state index contributed by atoms with van der Waals surface area (Å²) >= 11 is 0. The molecule has 1 aliphatic carbocycles. The molecular formula is C34H36N4O5. The highest BCUT2D eigenvalue weighted by Crippen LogP contribution is 2.42. The van der Waals surface area contributed by atoms with Gasteiger partial charge in [-0.05, 0) is 85.3 Å². The highest BCUT2D eigenvalue weighted by molar-refractivity contribution is 6.00.